The van der Waals surface area contributed by atoms with Crippen molar-refractivity contribution < 1.29 is 8.42 Å². The zero-order valence-corrected chi connectivity index (χ0v) is 11.7. The predicted molar refractivity (Wildman–Crippen MR) is 72.7 cm³/mol. The molecule has 0 amide bonds. The van der Waals surface area contributed by atoms with Crippen LogP contribution in [0.4, 0.5) is 5.69 Å². The molecular weight excluding hydrogens is 256 g/mol. The summed E-state index contributed by atoms with van der Waals surface area (Å²) in [5.41, 5.74) is 6.45. The molecule has 0 radical (unpaired) electrons. The third-order valence-corrected chi connectivity index (χ3v) is 4.89. The molecule has 0 saturated carbocycles. The molecule has 1 aromatic rings. The summed E-state index contributed by atoms with van der Waals surface area (Å²) >= 11 is 1.60. The van der Waals surface area contributed by atoms with Crippen molar-refractivity contribution in [3.8, 4) is 0 Å². The lowest BCUT2D eigenvalue weighted by Gasteiger charge is -2.08. The van der Waals surface area contributed by atoms with Gasteiger partial charge in [0.25, 0.3) is 0 Å². The first-order valence-corrected chi connectivity index (χ1v) is 7.94. The Morgan fingerprint density at radius 3 is 2.71 bits per heavy atom. The number of anilines is 1. The summed E-state index contributed by atoms with van der Waals surface area (Å²) < 4.78 is 25.6. The fourth-order valence-electron chi connectivity index (χ4n) is 1.25. The van der Waals surface area contributed by atoms with Crippen LogP contribution in [0.25, 0.3) is 0 Å². The van der Waals surface area contributed by atoms with Crippen LogP contribution in [0, 0.1) is 0 Å². The van der Waals surface area contributed by atoms with Gasteiger partial charge in [0.1, 0.15) is 0 Å². The molecule has 0 spiro atoms. The van der Waals surface area contributed by atoms with Crippen molar-refractivity contribution in [2.75, 3.05) is 18.5 Å². The molecule has 1 rings (SSSR count). The Balaban J connectivity index is 2.95. The van der Waals surface area contributed by atoms with Crippen LogP contribution in [0.15, 0.2) is 28.0 Å². The SMILES string of the molecule is CCCCSc1cc(S(=O)(=O)NC)ccc1N. The van der Waals surface area contributed by atoms with E-state index >= 15 is 0 Å². The number of unbranched alkanes of at least 4 members (excludes halogenated alkanes) is 1. The average Bonchev–Trinajstić information content (AvgIpc) is 2.31. The lowest BCUT2D eigenvalue weighted by molar-refractivity contribution is 0.588. The lowest BCUT2D eigenvalue weighted by Crippen LogP contribution is -2.18. The normalized spacial score (nSPS) is 11.6. The van der Waals surface area contributed by atoms with Crippen molar-refractivity contribution in [2.45, 2.75) is 29.6 Å². The van der Waals surface area contributed by atoms with Crippen LogP contribution >= 0.6 is 11.8 Å². The number of nitrogens with two attached hydrogens (primary N) is 1. The number of hydrogen-bond donors (Lipinski definition) is 2. The lowest BCUT2D eigenvalue weighted by atomic mass is 10.3. The van der Waals surface area contributed by atoms with E-state index in [0.717, 1.165) is 23.5 Å². The number of benzene rings is 1. The molecule has 1 aromatic carbocycles. The molecule has 3 N–H and O–H groups in total. The maximum atomic E-state index is 11.6. The van der Waals surface area contributed by atoms with E-state index < -0.39 is 10.0 Å². The van der Waals surface area contributed by atoms with Gasteiger partial charge in [0, 0.05) is 10.6 Å². The first-order chi connectivity index (χ1) is 8.01. The third-order valence-electron chi connectivity index (χ3n) is 2.32. The van der Waals surface area contributed by atoms with E-state index in [1.165, 1.54) is 13.1 Å². The first kappa shape index (κ1) is 14.3. The predicted octanol–water partition coefficient (Wildman–Crippen LogP) is 2.07. The molecule has 0 fully saturated rings. The maximum absolute atomic E-state index is 11.6. The molecule has 0 aliphatic heterocycles. The smallest absolute Gasteiger partial charge is 0.240 e. The molecule has 96 valence electrons. The Kier molecular flexibility index (Phi) is 5.30. The zero-order valence-electron chi connectivity index (χ0n) is 10.1. The van der Waals surface area contributed by atoms with Crippen LogP contribution in [0.3, 0.4) is 0 Å². The van der Waals surface area contributed by atoms with Crippen LogP contribution in [0.2, 0.25) is 0 Å². The van der Waals surface area contributed by atoms with Gasteiger partial charge in [-0.2, -0.15) is 0 Å². The summed E-state index contributed by atoms with van der Waals surface area (Å²) in [7, 11) is -1.99. The van der Waals surface area contributed by atoms with Gasteiger partial charge in [0.05, 0.1) is 4.90 Å². The molecule has 0 aliphatic carbocycles. The van der Waals surface area contributed by atoms with E-state index in [2.05, 4.69) is 11.6 Å². The molecule has 4 nitrogen and oxygen atoms in total. The molecule has 0 saturated heterocycles. The molecule has 0 aromatic heterocycles. The van der Waals surface area contributed by atoms with Gasteiger partial charge >= 0.3 is 0 Å². The van der Waals surface area contributed by atoms with Gasteiger partial charge < -0.3 is 5.73 Å². The number of hydrogen-bond acceptors (Lipinski definition) is 4. The molecule has 0 bridgehead atoms. The number of nitrogens with one attached hydrogen (secondary N) is 1. The summed E-state index contributed by atoms with van der Waals surface area (Å²) in [4.78, 5) is 1.09. The molecule has 0 unspecified atom stereocenters. The summed E-state index contributed by atoms with van der Waals surface area (Å²) in [6, 6.07) is 4.78. The van der Waals surface area contributed by atoms with Crippen molar-refractivity contribution >= 4 is 27.5 Å². The van der Waals surface area contributed by atoms with E-state index in [-0.39, 0.29) is 4.90 Å². The topological polar surface area (TPSA) is 72.2 Å². The van der Waals surface area contributed by atoms with Crippen LogP contribution < -0.4 is 10.5 Å². The largest absolute Gasteiger partial charge is 0.398 e. The zero-order chi connectivity index (χ0) is 12.9. The highest BCUT2D eigenvalue weighted by Gasteiger charge is 2.13. The second-order valence-electron chi connectivity index (χ2n) is 3.61. The minimum atomic E-state index is -3.39. The fraction of sp³-hybridized carbons (Fsp3) is 0.455. The second kappa shape index (κ2) is 6.28. The third kappa shape index (κ3) is 3.90. The minimum absolute atomic E-state index is 0.258. The molecule has 17 heavy (non-hydrogen) atoms. The Morgan fingerprint density at radius 1 is 1.41 bits per heavy atom. The standard InChI is InChI=1S/C11H18N2O2S2/c1-3-4-7-16-11-8-9(5-6-10(11)12)17(14,15)13-2/h5-6,8,13H,3-4,7,12H2,1-2H3. The van der Waals surface area contributed by atoms with Gasteiger partial charge in [0.15, 0.2) is 0 Å². The number of thioether (sulfide) groups is 1. The Morgan fingerprint density at radius 2 is 2.12 bits per heavy atom. The molecular formula is C11H18N2O2S2. The van der Waals surface area contributed by atoms with Crippen LogP contribution in [0.1, 0.15) is 19.8 Å². The molecule has 0 aliphatic rings. The quantitative estimate of drug-likeness (QED) is 0.473. The van der Waals surface area contributed by atoms with Crippen molar-refractivity contribution in [1.82, 2.24) is 4.72 Å². The van der Waals surface area contributed by atoms with Gasteiger partial charge in [-0.25, -0.2) is 13.1 Å². The highest BCUT2D eigenvalue weighted by molar-refractivity contribution is 7.99. The van der Waals surface area contributed by atoms with E-state index in [4.69, 9.17) is 5.73 Å². The van der Waals surface area contributed by atoms with Crippen molar-refractivity contribution in [2.24, 2.45) is 0 Å². The van der Waals surface area contributed by atoms with E-state index in [9.17, 15) is 8.42 Å². The summed E-state index contributed by atoms with van der Waals surface area (Å²) in [6.07, 6.45) is 2.20. The van der Waals surface area contributed by atoms with Crippen LogP contribution in [-0.2, 0) is 10.0 Å². The minimum Gasteiger partial charge on any atom is -0.398 e. The Bertz CT molecular complexity index is 472. The Labute approximate surface area is 107 Å². The van der Waals surface area contributed by atoms with Crippen LogP contribution in [-0.4, -0.2) is 21.2 Å². The van der Waals surface area contributed by atoms with Crippen molar-refractivity contribution in [3.63, 3.8) is 0 Å². The van der Waals surface area contributed by atoms with E-state index in [0.29, 0.717) is 5.69 Å². The van der Waals surface area contributed by atoms with E-state index in [1.54, 1.807) is 23.9 Å². The van der Waals surface area contributed by atoms with Crippen molar-refractivity contribution in [1.29, 1.82) is 0 Å². The van der Waals surface area contributed by atoms with Gasteiger partial charge in [-0.1, -0.05) is 13.3 Å². The monoisotopic (exact) mass is 274 g/mol. The first-order valence-electron chi connectivity index (χ1n) is 5.47. The Hall–Kier alpha value is -0.720. The van der Waals surface area contributed by atoms with Gasteiger partial charge in [0.2, 0.25) is 10.0 Å². The number of rotatable bonds is 6. The summed E-state index contributed by atoms with van der Waals surface area (Å²) in [6.45, 7) is 2.12. The highest BCUT2D eigenvalue weighted by Crippen LogP contribution is 2.28. The van der Waals surface area contributed by atoms with Gasteiger partial charge in [-0.15, -0.1) is 11.8 Å². The summed E-state index contributed by atoms with van der Waals surface area (Å²) in [5, 5.41) is 0. The molecule has 0 heterocycles. The van der Waals surface area contributed by atoms with E-state index in [1.807, 2.05) is 0 Å². The second-order valence-corrected chi connectivity index (χ2v) is 6.63. The molecule has 0 atom stereocenters. The van der Waals surface area contributed by atoms with Crippen LogP contribution in [0.5, 0.6) is 0 Å². The fourth-order valence-corrected chi connectivity index (χ4v) is 3.18. The maximum Gasteiger partial charge on any atom is 0.240 e. The van der Waals surface area contributed by atoms with Gasteiger partial charge in [-0.3, -0.25) is 0 Å². The highest BCUT2D eigenvalue weighted by atomic mass is 32.2. The van der Waals surface area contributed by atoms with Gasteiger partial charge in [-0.05, 0) is 37.4 Å². The molecule has 6 heteroatoms. The average molecular weight is 274 g/mol. The van der Waals surface area contributed by atoms with Crippen molar-refractivity contribution in [3.05, 3.63) is 18.2 Å². The number of sulfonamides is 1. The number of nitrogen functional groups attached to an aromatic ring is 1. The summed E-state index contributed by atoms with van der Waals surface area (Å²) in [5.74, 6) is 0.948.